The maximum absolute atomic E-state index is 2.41. The van der Waals surface area contributed by atoms with Crippen LogP contribution in [-0.4, -0.2) is 0 Å². The van der Waals surface area contributed by atoms with E-state index in [2.05, 4.69) is 26.8 Å². The molecule has 0 spiro atoms. The summed E-state index contributed by atoms with van der Waals surface area (Å²) in [5, 5.41) is 0. The average Bonchev–Trinajstić information content (AvgIpc) is 2.62. The van der Waals surface area contributed by atoms with Crippen LogP contribution in [0.5, 0.6) is 0 Å². The van der Waals surface area contributed by atoms with Gasteiger partial charge < -0.3 is 0 Å². The molecule has 0 aromatic heterocycles. The lowest BCUT2D eigenvalue weighted by molar-refractivity contribution is 0.426. The van der Waals surface area contributed by atoms with Crippen molar-refractivity contribution in [2.24, 2.45) is 11.8 Å². The molecule has 1 rings (SSSR count). The highest BCUT2D eigenvalue weighted by atomic mass is 14.3. The lowest BCUT2D eigenvalue weighted by atomic mass is 9.93. The Balaban J connectivity index is 2.22. The maximum Gasteiger partial charge on any atom is 0.000515 e. The van der Waals surface area contributed by atoms with Gasteiger partial charge >= 0.3 is 0 Å². The number of allylic oxidation sites excluding steroid dienone is 2. The highest BCUT2D eigenvalue weighted by Gasteiger charge is 2.27. The Kier molecular flexibility index (Phi) is 2.53. The summed E-state index contributed by atoms with van der Waals surface area (Å²) in [5.74, 6) is 1.86. The van der Waals surface area contributed by atoms with Crippen LogP contribution in [0.2, 0.25) is 0 Å². The van der Waals surface area contributed by atoms with E-state index in [0.29, 0.717) is 0 Å². The van der Waals surface area contributed by atoms with Crippen molar-refractivity contribution in [3.05, 3.63) is 11.6 Å². The predicted molar refractivity (Wildman–Crippen MR) is 45.9 cm³/mol. The fourth-order valence-electron chi connectivity index (χ4n) is 1.75. The molecule has 0 aromatic rings. The van der Waals surface area contributed by atoms with Gasteiger partial charge in [-0.05, 0) is 19.3 Å². The summed E-state index contributed by atoms with van der Waals surface area (Å²) in [4.78, 5) is 0. The minimum Gasteiger partial charge on any atom is -0.0776 e. The lowest BCUT2D eigenvalue weighted by Gasteiger charge is -2.12. The van der Waals surface area contributed by atoms with Crippen molar-refractivity contribution >= 4 is 0 Å². The molecule has 0 amide bonds. The van der Waals surface area contributed by atoms with Crippen LogP contribution in [0.4, 0.5) is 0 Å². The highest BCUT2D eigenvalue weighted by Crippen LogP contribution is 2.39. The third kappa shape index (κ3) is 1.62. The van der Waals surface area contributed by atoms with E-state index in [1.807, 2.05) is 0 Å². The second-order valence-electron chi connectivity index (χ2n) is 3.39. The second-order valence-corrected chi connectivity index (χ2v) is 3.39. The summed E-state index contributed by atoms with van der Waals surface area (Å²) in [7, 11) is 0. The summed E-state index contributed by atoms with van der Waals surface area (Å²) in [5.41, 5.74) is 1.63. The van der Waals surface area contributed by atoms with Crippen molar-refractivity contribution in [3.63, 3.8) is 0 Å². The molecule has 1 aliphatic carbocycles. The van der Waals surface area contributed by atoms with Crippen LogP contribution in [0.1, 0.15) is 40.0 Å². The van der Waals surface area contributed by atoms with Gasteiger partial charge in [-0.25, -0.2) is 0 Å². The van der Waals surface area contributed by atoms with Crippen molar-refractivity contribution < 1.29 is 0 Å². The van der Waals surface area contributed by atoms with Crippen LogP contribution in [-0.2, 0) is 0 Å². The summed E-state index contributed by atoms with van der Waals surface area (Å²) < 4.78 is 0. The molecule has 0 bridgehead atoms. The molecule has 0 aliphatic heterocycles. The Bertz CT molecular complexity index is 133. The van der Waals surface area contributed by atoms with Gasteiger partial charge in [-0.2, -0.15) is 0 Å². The van der Waals surface area contributed by atoms with E-state index >= 15 is 0 Å². The van der Waals surface area contributed by atoms with Gasteiger partial charge in [0.2, 0.25) is 0 Å². The summed E-state index contributed by atoms with van der Waals surface area (Å²) in [6, 6.07) is 0. The van der Waals surface area contributed by atoms with Gasteiger partial charge in [-0.3, -0.25) is 0 Å². The number of rotatable bonds is 4. The van der Waals surface area contributed by atoms with Gasteiger partial charge in [0, 0.05) is 5.92 Å². The first-order valence-electron chi connectivity index (χ1n) is 4.47. The maximum atomic E-state index is 2.41. The quantitative estimate of drug-likeness (QED) is 0.522. The third-order valence-electron chi connectivity index (χ3n) is 2.55. The normalized spacial score (nSPS) is 25.9. The smallest absolute Gasteiger partial charge is 0.000515 e. The molecule has 0 fully saturated rings. The summed E-state index contributed by atoms with van der Waals surface area (Å²) in [6.07, 6.45) is 6.52. The van der Waals surface area contributed by atoms with Crippen molar-refractivity contribution in [2.45, 2.75) is 40.0 Å². The molecule has 0 N–H and O–H groups in total. The van der Waals surface area contributed by atoms with Gasteiger partial charge in [0.05, 0.1) is 0 Å². The number of hydrogen-bond acceptors (Lipinski definition) is 0. The molecular weight excluding hydrogens is 120 g/mol. The molecule has 10 heavy (non-hydrogen) atoms. The predicted octanol–water partition coefficient (Wildman–Crippen LogP) is 3.39. The van der Waals surface area contributed by atoms with Gasteiger partial charge in [0.1, 0.15) is 0 Å². The first kappa shape index (κ1) is 7.84. The molecule has 58 valence electrons. The molecule has 0 saturated carbocycles. The molecule has 0 heterocycles. The lowest BCUT2D eigenvalue weighted by Crippen LogP contribution is -2.02. The van der Waals surface area contributed by atoms with Crippen molar-refractivity contribution in [1.82, 2.24) is 0 Å². The molecule has 0 radical (unpaired) electrons. The van der Waals surface area contributed by atoms with Crippen molar-refractivity contribution in [2.75, 3.05) is 0 Å². The Morgan fingerprint density at radius 2 is 2.10 bits per heavy atom. The van der Waals surface area contributed by atoms with Gasteiger partial charge in [0.15, 0.2) is 0 Å². The number of hydrogen-bond donors (Lipinski definition) is 0. The molecule has 0 saturated heterocycles. The van der Waals surface area contributed by atoms with E-state index in [-0.39, 0.29) is 0 Å². The van der Waals surface area contributed by atoms with Crippen LogP contribution in [0, 0.1) is 11.8 Å². The Morgan fingerprint density at radius 1 is 1.50 bits per heavy atom. The van der Waals surface area contributed by atoms with Gasteiger partial charge in [-0.1, -0.05) is 38.3 Å². The Hall–Kier alpha value is -0.260. The highest BCUT2D eigenvalue weighted by molar-refractivity contribution is 5.27. The van der Waals surface area contributed by atoms with Gasteiger partial charge in [-0.15, -0.1) is 0 Å². The van der Waals surface area contributed by atoms with Crippen molar-refractivity contribution in [3.8, 4) is 0 Å². The zero-order valence-corrected chi connectivity index (χ0v) is 7.35. The van der Waals surface area contributed by atoms with E-state index in [1.54, 1.807) is 5.57 Å². The van der Waals surface area contributed by atoms with E-state index in [0.717, 1.165) is 11.8 Å². The molecule has 0 aromatic carbocycles. The topological polar surface area (TPSA) is 0 Å². The van der Waals surface area contributed by atoms with E-state index in [1.165, 1.54) is 19.3 Å². The molecule has 0 heteroatoms. The van der Waals surface area contributed by atoms with Gasteiger partial charge in [0.25, 0.3) is 0 Å². The van der Waals surface area contributed by atoms with E-state index < -0.39 is 0 Å². The third-order valence-corrected chi connectivity index (χ3v) is 2.55. The first-order valence-corrected chi connectivity index (χ1v) is 4.47. The second kappa shape index (κ2) is 3.23. The van der Waals surface area contributed by atoms with Crippen LogP contribution in [0.3, 0.4) is 0 Å². The average molecular weight is 138 g/mol. The van der Waals surface area contributed by atoms with Crippen LogP contribution >= 0.6 is 0 Å². The molecule has 2 atom stereocenters. The van der Waals surface area contributed by atoms with E-state index in [9.17, 15) is 0 Å². The molecular formula is C10H18. The summed E-state index contributed by atoms with van der Waals surface area (Å²) >= 11 is 0. The minimum atomic E-state index is 0.893. The molecule has 1 aliphatic rings. The summed E-state index contributed by atoms with van der Waals surface area (Å²) in [6.45, 7) is 6.84. The van der Waals surface area contributed by atoms with Crippen LogP contribution < -0.4 is 0 Å². The Labute approximate surface area is 64.3 Å². The largest absolute Gasteiger partial charge is 0.0776 e. The standard InChI is InChI=1S/C10H18/c1-4-6-9(5-2)10-7-8(10)3/h7,9-10H,4-6H2,1-3H3. The fraction of sp³-hybridized carbons (Fsp3) is 0.800. The Morgan fingerprint density at radius 3 is 2.40 bits per heavy atom. The zero-order valence-electron chi connectivity index (χ0n) is 7.35. The van der Waals surface area contributed by atoms with Crippen molar-refractivity contribution in [1.29, 1.82) is 0 Å². The molecule has 0 nitrogen and oxygen atoms in total. The minimum absolute atomic E-state index is 0.893. The first-order chi connectivity index (χ1) is 4.79. The SMILES string of the molecule is CCCC(CC)C1C=C1C. The fourth-order valence-corrected chi connectivity index (χ4v) is 1.75. The monoisotopic (exact) mass is 138 g/mol. The van der Waals surface area contributed by atoms with Crippen LogP contribution in [0.25, 0.3) is 0 Å². The van der Waals surface area contributed by atoms with E-state index in [4.69, 9.17) is 0 Å². The zero-order chi connectivity index (χ0) is 7.56. The molecule has 2 unspecified atom stereocenters. The van der Waals surface area contributed by atoms with Crippen LogP contribution in [0.15, 0.2) is 11.6 Å².